The second-order valence-electron chi connectivity index (χ2n) is 6.59. The number of aryl methyl sites for hydroxylation is 1. The van der Waals surface area contributed by atoms with Crippen LogP contribution in [-0.4, -0.2) is 65.2 Å². The number of piperidine rings is 1. The van der Waals surface area contributed by atoms with Gasteiger partial charge in [-0.2, -0.15) is 0 Å². The van der Waals surface area contributed by atoms with Crippen molar-refractivity contribution in [1.82, 2.24) is 4.90 Å². The summed E-state index contributed by atoms with van der Waals surface area (Å²) in [5.74, 6) is -3.67. The van der Waals surface area contributed by atoms with Gasteiger partial charge in [0.2, 0.25) is 5.91 Å². The van der Waals surface area contributed by atoms with Gasteiger partial charge in [-0.3, -0.25) is 9.59 Å². The van der Waals surface area contributed by atoms with Crippen LogP contribution in [0.5, 0.6) is 0 Å². The number of nitrogens with one attached hydrogen (secondary N) is 1. The Bertz CT molecular complexity index is 701. The van der Waals surface area contributed by atoms with E-state index in [0.717, 1.165) is 43.7 Å². The van der Waals surface area contributed by atoms with Gasteiger partial charge in [0.05, 0.1) is 12.5 Å². The van der Waals surface area contributed by atoms with Gasteiger partial charge in [0.15, 0.2) is 0 Å². The van der Waals surface area contributed by atoms with E-state index in [-0.39, 0.29) is 17.8 Å². The molecule has 9 nitrogen and oxygen atoms in total. The van der Waals surface area contributed by atoms with Crippen molar-refractivity contribution in [2.24, 2.45) is 5.92 Å². The molecule has 0 unspecified atom stereocenters. The molecule has 1 fully saturated rings. The molecule has 0 radical (unpaired) electrons. The smallest absolute Gasteiger partial charge is 0.414 e. The summed E-state index contributed by atoms with van der Waals surface area (Å²) < 4.78 is 5.07. The molecule has 0 saturated carbocycles. The normalized spacial score (nSPS) is 14.3. The highest BCUT2D eigenvalue weighted by atomic mass is 16.5. The van der Waals surface area contributed by atoms with Crippen LogP contribution < -0.4 is 5.32 Å². The summed E-state index contributed by atoms with van der Waals surface area (Å²) >= 11 is 0. The molecule has 1 aliphatic heterocycles. The summed E-state index contributed by atoms with van der Waals surface area (Å²) in [5, 5.41) is 17.7. The second kappa shape index (κ2) is 12.5. The number of ether oxygens (including phenoxy) is 1. The zero-order chi connectivity index (χ0) is 21.8. The Balaban J connectivity index is 0.000000612. The summed E-state index contributed by atoms with van der Waals surface area (Å²) in [4.78, 5) is 44.2. The van der Waals surface area contributed by atoms with Crippen LogP contribution in [0.3, 0.4) is 0 Å². The fourth-order valence-electron chi connectivity index (χ4n) is 2.84. The maximum atomic E-state index is 12.1. The van der Waals surface area contributed by atoms with Crippen molar-refractivity contribution in [3.8, 4) is 0 Å². The number of hydrogen-bond acceptors (Lipinski definition) is 6. The van der Waals surface area contributed by atoms with E-state index in [4.69, 9.17) is 24.5 Å². The number of aliphatic carboxylic acids is 2. The predicted octanol–water partition coefficient (Wildman–Crippen LogP) is 1.75. The first kappa shape index (κ1) is 24.1. The number of anilines is 1. The Morgan fingerprint density at radius 2 is 1.69 bits per heavy atom. The van der Waals surface area contributed by atoms with Crippen LogP contribution >= 0.6 is 0 Å². The van der Waals surface area contributed by atoms with Crippen LogP contribution in [0.25, 0.3) is 0 Å². The molecule has 160 valence electrons. The Labute approximate surface area is 169 Å². The number of nitrogens with zero attached hydrogens (tertiary/aromatic N) is 1. The second-order valence-corrected chi connectivity index (χ2v) is 6.59. The van der Waals surface area contributed by atoms with Crippen molar-refractivity contribution in [1.29, 1.82) is 0 Å². The number of amides is 1. The standard InChI is InChI=1S/C18H26N2O3.C2H2O4/c1-3-23-18(22)15-8-11-20(12-9-15)13-10-17(21)19-16-7-5-4-6-14(16)2;3-1(4)2(5)6/h4-7,15H,3,8-13H2,1-2H3,(H,19,21);(H,3,4)(H,5,6). The third-order valence-corrected chi connectivity index (χ3v) is 4.46. The molecule has 29 heavy (non-hydrogen) atoms. The average molecular weight is 408 g/mol. The number of carboxylic acid groups (broad SMARTS) is 2. The van der Waals surface area contributed by atoms with Gasteiger partial charge in [0, 0.05) is 18.7 Å². The zero-order valence-electron chi connectivity index (χ0n) is 16.7. The molecule has 0 aliphatic carbocycles. The highest BCUT2D eigenvalue weighted by molar-refractivity contribution is 6.27. The van der Waals surface area contributed by atoms with E-state index in [9.17, 15) is 9.59 Å². The number of para-hydroxylation sites is 1. The molecule has 1 aromatic carbocycles. The van der Waals surface area contributed by atoms with Crippen molar-refractivity contribution in [3.63, 3.8) is 0 Å². The van der Waals surface area contributed by atoms with Crippen LogP contribution in [0, 0.1) is 12.8 Å². The lowest BCUT2D eigenvalue weighted by Gasteiger charge is -2.30. The van der Waals surface area contributed by atoms with Crippen LogP contribution in [-0.2, 0) is 23.9 Å². The highest BCUT2D eigenvalue weighted by Crippen LogP contribution is 2.19. The summed E-state index contributed by atoms with van der Waals surface area (Å²) in [5.41, 5.74) is 1.94. The van der Waals surface area contributed by atoms with Gasteiger partial charge in [-0.05, 0) is 51.4 Å². The van der Waals surface area contributed by atoms with Gasteiger partial charge in [-0.15, -0.1) is 0 Å². The van der Waals surface area contributed by atoms with Crippen molar-refractivity contribution in [2.75, 3.05) is 31.6 Å². The van der Waals surface area contributed by atoms with E-state index < -0.39 is 11.9 Å². The number of carboxylic acids is 2. The molecule has 1 aliphatic rings. The first-order valence-electron chi connectivity index (χ1n) is 9.45. The Hall–Kier alpha value is -2.94. The Kier molecular flexibility index (Phi) is 10.4. The molecule has 2 rings (SSSR count). The molecule has 1 amide bonds. The molecule has 0 bridgehead atoms. The Morgan fingerprint density at radius 1 is 1.10 bits per heavy atom. The van der Waals surface area contributed by atoms with Gasteiger partial charge in [0.1, 0.15) is 0 Å². The molecule has 1 saturated heterocycles. The van der Waals surface area contributed by atoms with E-state index in [0.29, 0.717) is 13.0 Å². The Morgan fingerprint density at radius 3 is 2.21 bits per heavy atom. The van der Waals surface area contributed by atoms with Crippen molar-refractivity contribution in [2.45, 2.75) is 33.1 Å². The first-order chi connectivity index (χ1) is 13.7. The minimum absolute atomic E-state index is 0.0204. The molecule has 0 spiro atoms. The van der Waals surface area contributed by atoms with E-state index >= 15 is 0 Å². The summed E-state index contributed by atoms with van der Waals surface area (Å²) in [6, 6.07) is 7.77. The SMILES string of the molecule is CCOC(=O)C1CCN(CCC(=O)Nc2ccccc2C)CC1.O=C(O)C(=O)O. The quantitative estimate of drug-likeness (QED) is 0.479. The number of carbonyl (C=O) groups excluding carboxylic acids is 2. The van der Waals surface area contributed by atoms with Crippen molar-refractivity contribution >= 4 is 29.5 Å². The lowest BCUT2D eigenvalue weighted by Crippen LogP contribution is -2.38. The van der Waals surface area contributed by atoms with Gasteiger partial charge >= 0.3 is 17.9 Å². The van der Waals surface area contributed by atoms with Crippen LogP contribution in [0.4, 0.5) is 5.69 Å². The third kappa shape index (κ3) is 9.20. The molecular weight excluding hydrogens is 380 g/mol. The monoisotopic (exact) mass is 408 g/mol. The van der Waals surface area contributed by atoms with Crippen LogP contribution in [0.1, 0.15) is 31.7 Å². The molecule has 1 aromatic rings. The van der Waals surface area contributed by atoms with Gasteiger partial charge < -0.3 is 25.2 Å². The molecule has 9 heteroatoms. The fraction of sp³-hybridized carbons (Fsp3) is 0.500. The van der Waals surface area contributed by atoms with Crippen LogP contribution in [0.2, 0.25) is 0 Å². The molecule has 3 N–H and O–H groups in total. The van der Waals surface area contributed by atoms with E-state index in [1.54, 1.807) is 0 Å². The maximum Gasteiger partial charge on any atom is 0.414 e. The topological polar surface area (TPSA) is 133 Å². The van der Waals surface area contributed by atoms with E-state index in [2.05, 4.69) is 10.2 Å². The molecule has 0 atom stereocenters. The summed E-state index contributed by atoms with van der Waals surface area (Å²) in [7, 11) is 0. The molecular formula is C20H28N2O7. The number of carbonyl (C=O) groups is 4. The van der Waals surface area contributed by atoms with Gasteiger partial charge in [-0.25, -0.2) is 9.59 Å². The van der Waals surface area contributed by atoms with E-state index in [1.165, 1.54) is 0 Å². The van der Waals surface area contributed by atoms with Crippen molar-refractivity contribution < 1.29 is 34.1 Å². The lowest BCUT2D eigenvalue weighted by atomic mass is 9.97. The number of esters is 1. The van der Waals surface area contributed by atoms with Crippen LogP contribution in [0.15, 0.2) is 24.3 Å². The van der Waals surface area contributed by atoms with E-state index in [1.807, 2.05) is 38.1 Å². The average Bonchev–Trinajstić information content (AvgIpc) is 2.69. The van der Waals surface area contributed by atoms with Gasteiger partial charge in [0.25, 0.3) is 0 Å². The lowest BCUT2D eigenvalue weighted by molar-refractivity contribution is -0.159. The molecule has 0 aromatic heterocycles. The minimum atomic E-state index is -1.82. The fourth-order valence-corrected chi connectivity index (χ4v) is 2.84. The maximum absolute atomic E-state index is 12.1. The van der Waals surface area contributed by atoms with Crippen molar-refractivity contribution in [3.05, 3.63) is 29.8 Å². The highest BCUT2D eigenvalue weighted by Gasteiger charge is 2.25. The number of rotatable bonds is 6. The third-order valence-electron chi connectivity index (χ3n) is 4.46. The zero-order valence-corrected chi connectivity index (χ0v) is 16.7. The predicted molar refractivity (Wildman–Crippen MR) is 105 cm³/mol. The number of likely N-dealkylation sites (tertiary alicyclic amines) is 1. The number of hydrogen-bond donors (Lipinski definition) is 3. The summed E-state index contributed by atoms with van der Waals surface area (Å²) in [6.07, 6.45) is 2.11. The van der Waals surface area contributed by atoms with Gasteiger partial charge in [-0.1, -0.05) is 18.2 Å². The summed E-state index contributed by atoms with van der Waals surface area (Å²) in [6.45, 7) is 6.68. The first-order valence-corrected chi connectivity index (χ1v) is 9.45. The number of benzene rings is 1. The molecule has 1 heterocycles. The minimum Gasteiger partial charge on any atom is -0.473 e. The largest absolute Gasteiger partial charge is 0.473 e.